The Labute approximate surface area is 334 Å². The van der Waals surface area contributed by atoms with E-state index in [4.69, 9.17) is 42.6 Å². The number of methoxy groups -OCH3 is 1. The summed E-state index contributed by atoms with van der Waals surface area (Å²) in [5.41, 5.74) is -1.50. The smallest absolute Gasteiger partial charge is 0.309 e. The van der Waals surface area contributed by atoms with E-state index >= 15 is 0 Å². The number of nitrogens with zero attached hydrogens (tertiary/aromatic N) is 1. The number of cyclic esters (lactones) is 1. The molecule has 0 spiro atoms. The number of likely N-dealkylation sites (N-methyl/N-ethyl adjacent to an activating group) is 1. The fourth-order valence-corrected chi connectivity index (χ4v) is 8.21. The van der Waals surface area contributed by atoms with Crippen LogP contribution in [0.15, 0.2) is 12.2 Å². The standard InChI is InChI=1S/C40H63NO16/c1-11-30(45)55-38-23(5)51-32(19-40(38,7)48)56-35-22(4)52-39(34(47)33(35)41(8)9)57-36-25(14-15-42)16-20(2)26(44)12-13-27-28(54-27)17-21(3)50-31(46)18-29(37(36)49-10)53-24(6)43/h12-13,15,20-23,25,27-29,32-39,47-48H,11,14,16-19H2,1-10H3/b13-12+/t20-,21-,22-,23+,25+,27?,28?,29-,32+,33-,34-,35-,36+,37+,38+,39+,40-/m1/s1. The van der Waals surface area contributed by atoms with Crippen LogP contribution in [-0.2, 0) is 66.6 Å². The molecular weight excluding hydrogens is 750 g/mol. The number of ether oxygens (including phenoxy) is 9. The first-order valence-electron chi connectivity index (χ1n) is 19.9. The van der Waals surface area contributed by atoms with Crippen LogP contribution in [0.4, 0.5) is 0 Å². The van der Waals surface area contributed by atoms with E-state index < -0.39 is 115 Å². The topological polar surface area (TPSA) is 215 Å². The van der Waals surface area contributed by atoms with Crippen molar-refractivity contribution in [3.8, 4) is 0 Å². The van der Waals surface area contributed by atoms with Gasteiger partial charge in [-0.05, 0) is 66.3 Å². The van der Waals surface area contributed by atoms with E-state index in [0.29, 0.717) is 12.7 Å². The van der Waals surface area contributed by atoms with Crippen molar-refractivity contribution < 1.29 is 76.8 Å². The van der Waals surface area contributed by atoms with Crippen molar-refractivity contribution >= 4 is 30.0 Å². The van der Waals surface area contributed by atoms with Gasteiger partial charge in [-0.15, -0.1) is 0 Å². The van der Waals surface area contributed by atoms with Crippen LogP contribution in [0.1, 0.15) is 87.0 Å². The summed E-state index contributed by atoms with van der Waals surface area (Å²) < 4.78 is 53.9. The lowest BCUT2D eigenvalue weighted by Gasteiger charge is -2.50. The molecule has 2 unspecified atom stereocenters. The third-order valence-corrected chi connectivity index (χ3v) is 11.1. The van der Waals surface area contributed by atoms with Crippen LogP contribution in [0, 0.1) is 11.8 Å². The third kappa shape index (κ3) is 12.3. The number of aliphatic hydroxyl groups excluding tert-OH is 1. The summed E-state index contributed by atoms with van der Waals surface area (Å²) in [7, 11) is 4.81. The zero-order chi connectivity index (χ0) is 42.4. The summed E-state index contributed by atoms with van der Waals surface area (Å²) in [4.78, 5) is 65.2. The van der Waals surface area contributed by atoms with E-state index in [2.05, 4.69) is 0 Å². The van der Waals surface area contributed by atoms with Crippen LogP contribution in [0.3, 0.4) is 0 Å². The van der Waals surface area contributed by atoms with Crippen LogP contribution in [0.25, 0.3) is 0 Å². The largest absolute Gasteiger partial charge is 0.462 e. The predicted octanol–water partition coefficient (Wildman–Crippen LogP) is 1.80. The molecule has 17 heteroatoms. The molecule has 324 valence electrons. The molecule has 17 atom stereocenters. The van der Waals surface area contributed by atoms with E-state index in [0.717, 1.165) is 0 Å². The Morgan fingerprint density at radius 1 is 1.00 bits per heavy atom. The first-order valence-corrected chi connectivity index (χ1v) is 19.9. The second-order valence-corrected chi connectivity index (χ2v) is 16.2. The Hall–Kier alpha value is -2.87. The number of fused-ring (bicyclic) bond motifs is 1. The van der Waals surface area contributed by atoms with Gasteiger partial charge in [0.15, 0.2) is 24.5 Å². The van der Waals surface area contributed by atoms with Crippen molar-refractivity contribution in [2.24, 2.45) is 11.8 Å². The molecule has 17 nitrogen and oxygen atoms in total. The van der Waals surface area contributed by atoms with Gasteiger partial charge in [0, 0.05) is 45.6 Å². The zero-order valence-electron chi connectivity index (χ0n) is 34.8. The van der Waals surface area contributed by atoms with Gasteiger partial charge in [0.2, 0.25) is 0 Å². The van der Waals surface area contributed by atoms with Gasteiger partial charge in [0.1, 0.15) is 48.5 Å². The molecule has 0 amide bonds. The van der Waals surface area contributed by atoms with Gasteiger partial charge in [-0.2, -0.15) is 0 Å². The molecule has 57 heavy (non-hydrogen) atoms. The van der Waals surface area contributed by atoms with E-state index in [-0.39, 0.29) is 43.7 Å². The van der Waals surface area contributed by atoms with Crippen molar-refractivity contribution in [2.75, 3.05) is 21.2 Å². The van der Waals surface area contributed by atoms with Crippen molar-refractivity contribution in [3.05, 3.63) is 12.2 Å². The normalized spacial score (nSPS) is 42.7. The number of ketones is 1. The number of epoxide rings is 1. The van der Waals surface area contributed by atoms with Gasteiger partial charge in [0.05, 0.1) is 36.9 Å². The first kappa shape index (κ1) is 46.8. The summed E-state index contributed by atoms with van der Waals surface area (Å²) in [6, 6.07) is -0.796. The maximum Gasteiger partial charge on any atom is 0.309 e. The molecular formula is C40H63NO16. The van der Waals surface area contributed by atoms with Crippen LogP contribution in [0.2, 0.25) is 0 Å². The summed E-state index contributed by atoms with van der Waals surface area (Å²) in [6.07, 6.45) is -8.00. The molecule has 0 aliphatic carbocycles. The number of allylic oxidation sites excluding steroid dienone is 1. The highest BCUT2D eigenvalue weighted by molar-refractivity contribution is 5.91. The number of rotatable bonds is 11. The highest BCUT2D eigenvalue weighted by atomic mass is 16.7. The zero-order valence-corrected chi connectivity index (χ0v) is 34.8. The van der Waals surface area contributed by atoms with Crippen molar-refractivity contribution in [1.29, 1.82) is 0 Å². The van der Waals surface area contributed by atoms with E-state index in [1.54, 1.807) is 66.6 Å². The highest BCUT2D eigenvalue weighted by Crippen LogP contribution is 2.38. The molecule has 4 heterocycles. The first-order chi connectivity index (χ1) is 26.8. The number of aliphatic hydroxyl groups is 2. The lowest BCUT2D eigenvalue weighted by Crippen LogP contribution is -2.66. The molecule has 4 aliphatic heterocycles. The third-order valence-electron chi connectivity index (χ3n) is 11.1. The monoisotopic (exact) mass is 813 g/mol. The second-order valence-electron chi connectivity index (χ2n) is 16.2. The maximum atomic E-state index is 13.4. The molecule has 3 saturated heterocycles. The number of hydrogen-bond acceptors (Lipinski definition) is 17. The Morgan fingerprint density at radius 3 is 2.30 bits per heavy atom. The van der Waals surface area contributed by atoms with E-state index in [1.165, 1.54) is 20.1 Å². The number of esters is 3. The second kappa shape index (κ2) is 20.4. The van der Waals surface area contributed by atoms with Crippen LogP contribution < -0.4 is 0 Å². The Morgan fingerprint density at radius 2 is 1.70 bits per heavy atom. The summed E-state index contributed by atoms with van der Waals surface area (Å²) >= 11 is 0. The molecule has 4 rings (SSSR count). The minimum atomic E-state index is -1.50. The van der Waals surface area contributed by atoms with Crippen molar-refractivity contribution in [2.45, 2.75) is 178 Å². The highest BCUT2D eigenvalue weighted by Gasteiger charge is 2.53. The van der Waals surface area contributed by atoms with Crippen LogP contribution >= 0.6 is 0 Å². The molecule has 4 aliphatic rings. The van der Waals surface area contributed by atoms with Crippen LogP contribution in [-0.4, -0.2) is 158 Å². The summed E-state index contributed by atoms with van der Waals surface area (Å²) in [5, 5.41) is 23.4. The van der Waals surface area contributed by atoms with Gasteiger partial charge < -0.3 is 62.5 Å². The van der Waals surface area contributed by atoms with Gasteiger partial charge in [-0.25, -0.2) is 0 Å². The lowest BCUT2D eigenvalue weighted by molar-refractivity contribution is -0.344. The molecule has 0 aromatic heterocycles. The Bertz CT molecular complexity index is 1420. The number of carbonyl (C=O) groups excluding carboxylic acids is 5. The summed E-state index contributed by atoms with van der Waals surface area (Å²) in [6.45, 7) is 11.2. The molecule has 3 fully saturated rings. The van der Waals surface area contributed by atoms with E-state index in [1.807, 2.05) is 0 Å². The van der Waals surface area contributed by atoms with Crippen molar-refractivity contribution in [3.63, 3.8) is 0 Å². The average Bonchev–Trinajstić information content (AvgIpc) is 3.86. The number of carbonyl (C=O) groups is 5. The molecule has 0 radical (unpaired) electrons. The average molecular weight is 814 g/mol. The van der Waals surface area contributed by atoms with Gasteiger partial charge in [-0.1, -0.05) is 13.8 Å². The number of hydrogen-bond donors (Lipinski definition) is 2. The fourth-order valence-electron chi connectivity index (χ4n) is 8.21. The molecule has 0 aromatic carbocycles. The molecule has 0 bridgehead atoms. The molecule has 0 aromatic rings. The number of aldehydes is 1. The minimum Gasteiger partial charge on any atom is -0.462 e. The van der Waals surface area contributed by atoms with E-state index in [9.17, 15) is 34.2 Å². The quantitative estimate of drug-likeness (QED) is 0.132. The van der Waals surface area contributed by atoms with Gasteiger partial charge in [0.25, 0.3) is 0 Å². The maximum absolute atomic E-state index is 13.4. The Balaban J connectivity index is 1.66. The van der Waals surface area contributed by atoms with Gasteiger partial charge in [-0.3, -0.25) is 19.2 Å². The molecule has 0 saturated carbocycles. The lowest BCUT2D eigenvalue weighted by atomic mass is 9.83. The summed E-state index contributed by atoms with van der Waals surface area (Å²) in [5.74, 6) is -3.45. The molecule has 2 N–H and O–H groups in total. The fraction of sp³-hybridized carbons (Fsp3) is 0.825. The predicted molar refractivity (Wildman–Crippen MR) is 199 cm³/mol. The SMILES string of the molecule is CCC(=O)O[C@H]1[C@H](C)O[C@@H](O[C@H]2[C@H](N(C)C)[C@@H](O)[C@H](O[C@H]3[C@@H](CC=O)C[C@@H](C)C(=O)/C=C/C4OC4C[C@@H](C)OC(=O)C[C@@H](OC(C)=O)[C@@H]3OC)O[C@@H]2C)C[C@@]1(C)O. The van der Waals surface area contributed by atoms with Crippen LogP contribution in [0.5, 0.6) is 0 Å². The Kier molecular flexibility index (Phi) is 16.8. The van der Waals surface area contributed by atoms with Gasteiger partial charge >= 0.3 is 17.9 Å². The minimum absolute atomic E-state index is 0.0531. The van der Waals surface area contributed by atoms with Crippen molar-refractivity contribution in [1.82, 2.24) is 4.90 Å².